The summed E-state index contributed by atoms with van der Waals surface area (Å²) in [5.74, 6) is 0.884. The second-order valence-corrected chi connectivity index (χ2v) is 7.02. The normalized spacial score (nSPS) is 14.6. The highest BCUT2D eigenvalue weighted by molar-refractivity contribution is 6.08. The van der Waals surface area contributed by atoms with Gasteiger partial charge in [0.2, 0.25) is 0 Å². The van der Waals surface area contributed by atoms with Crippen molar-refractivity contribution in [2.75, 3.05) is 38.2 Å². The first kappa shape index (κ1) is 17.5. The van der Waals surface area contributed by atoms with Gasteiger partial charge < -0.3 is 19.1 Å². The van der Waals surface area contributed by atoms with E-state index in [-0.39, 0.29) is 5.91 Å². The number of hydrogen-bond acceptors (Lipinski definition) is 3. The number of fused-ring (bicyclic) bond motifs is 1. The van der Waals surface area contributed by atoms with Crippen LogP contribution in [-0.4, -0.2) is 48.7 Å². The minimum absolute atomic E-state index is 0.110. The summed E-state index contributed by atoms with van der Waals surface area (Å²) in [7, 11) is 3.66. The number of carbonyl (C=O) groups is 1. The molecule has 0 bridgehead atoms. The predicted octanol–water partition coefficient (Wildman–Crippen LogP) is 3.46. The summed E-state index contributed by atoms with van der Waals surface area (Å²) in [6.45, 7) is 5.17. The number of anilines is 1. The third-order valence-electron chi connectivity index (χ3n) is 5.60. The van der Waals surface area contributed by atoms with E-state index in [0.29, 0.717) is 0 Å². The number of aromatic nitrogens is 1. The van der Waals surface area contributed by atoms with Crippen molar-refractivity contribution < 1.29 is 9.53 Å². The molecular weight excluding hydrogens is 338 g/mol. The number of carbonyl (C=O) groups excluding carboxylic acids is 1. The smallest absolute Gasteiger partial charge is 0.256 e. The summed E-state index contributed by atoms with van der Waals surface area (Å²) >= 11 is 0. The van der Waals surface area contributed by atoms with E-state index in [1.165, 1.54) is 5.69 Å². The van der Waals surface area contributed by atoms with Crippen molar-refractivity contribution in [2.24, 2.45) is 7.05 Å². The number of methoxy groups -OCH3 is 1. The molecule has 1 aliphatic rings. The van der Waals surface area contributed by atoms with Crippen molar-refractivity contribution >= 4 is 22.5 Å². The molecule has 1 fully saturated rings. The van der Waals surface area contributed by atoms with Crippen LogP contribution >= 0.6 is 0 Å². The summed E-state index contributed by atoms with van der Waals surface area (Å²) in [5.41, 5.74) is 4.06. The average Bonchev–Trinajstić information content (AvgIpc) is 2.98. The van der Waals surface area contributed by atoms with Gasteiger partial charge in [0.15, 0.2) is 0 Å². The van der Waals surface area contributed by atoms with Gasteiger partial charge >= 0.3 is 0 Å². The molecular formula is C22H25N3O2. The molecule has 0 aliphatic carbocycles. The number of benzene rings is 2. The lowest BCUT2D eigenvalue weighted by molar-refractivity contribution is 0.0748. The zero-order chi connectivity index (χ0) is 19.0. The minimum Gasteiger partial charge on any atom is -0.497 e. The highest BCUT2D eigenvalue weighted by Crippen LogP contribution is 2.30. The minimum atomic E-state index is 0.110. The van der Waals surface area contributed by atoms with Crippen LogP contribution in [0.4, 0.5) is 5.69 Å². The Bertz CT molecular complexity index is 970. The van der Waals surface area contributed by atoms with E-state index in [1.807, 2.05) is 43.1 Å². The lowest BCUT2D eigenvalue weighted by Crippen LogP contribution is -2.48. The average molecular weight is 363 g/mol. The molecule has 0 radical (unpaired) electrons. The molecule has 1 amide bonds. The van der Waals surface area contributed by atoms with Gasteiger partial charge in [0, 0.05) is 55.5 Å². The Morgan fingerprint density at radius 2 is 1.70 bits per heavy atom. The second-order valence-electron chi connectivity index (χ2n) is 7.02. The quantitative estimate of drug-likeness (QED) is 0.715. The first-order chi connectivity index (χ1) is 13.1. The van der Waals surface area contributed by atoms with Crippen LogP contribution in [-0.2, 0) is 7.05 Å². The first-order valence-corrected chi connectivity index (χ1v) is 9.32. The van der Waals surface area contributed by atoms with E-state index >= 15 is 0 Å². The molecule has 1 aliphatic heterocycles. The number of nitrogens with zero attached hydrogens (tertiary/aromatic N) is 3. The largest absolute Gasteiger partial charge is 0.497 e. The zero-order valence-electron chi connectivity index (χ0n) is 16.1. The lowest BCUT2D eigenvalue weighted by atomic mass is 10.1. The van der Waals surface area contributed by atoms with Crippen molar-refractivity contribution in [3.05, 3.63) is 59.8 Å². The van der Waals surface area contributed by atoms with Gasteiger partial charge in [-0.3, -0.25) is 4.79 Å². The van der Waals surface area contributed by atoms with Crippen molar-refractivity contribution in [3.63, 3.8) is 0 Å². The molecule has 2 aromatic carbocycles. The standard InChI is InChI=1S/C22H25N3O2/c1-16-21(19-15-18(27-3)9-10-20(19)23(16)2)22(26)25-13-11-24(12-14-25)17-7-5-4-6-8-17/h4-10,15H,11-14H2,1-3H3. The molecule has 140 valence electrons. The highest BCUT2D eigenvalue weighted by atomic mass is 16.5. The van der Waals surface area contributed by atoms with Crippen molar-refractivity contribution in [1.29, 1.82) is 0 Å². The molecule has 1 aromatic heterocycles. The molecule has 0 spiro atoms. The van der Waals surface area contributed by atoms with Gasteiger partial charge in [0.25, 0.3) is 5.91 Å². The number of piperazine rings is 1. The Hall–Kier alpha value is -2.95. The molecule has 0 saturated carbocycles. The Morgan fingerprint density at radius 1 is 1.00 bits per heavy atom. The predicted molar refractivity (Wildman–Crippen MR) is 109 cm³/mol. The van der Waals surface area contributed by atoms with E-state index in [4.69, 9.17) is 4.74 Å². The summed E-state index contributed by atoms with van der Waals surface area (Å²) in [6, 6.07) is 16.3. The molecule has 5 heteroatoms. The number of hydrogen-bond donors (Lipinski definition) is 0. The van der Waals surface area contributed by atoms with Crippen LogP contribution in [0.25, 0.3) is 10.9 Å². The van der Waals surface area contributed by atoms with Crippen LogP contribution in [0, 0.1) is 6.92 Å². The monoisotopic (exact) mass is 363 g/mol. The van der Waals surface area contributed by atoms with E-state index < -0.39 is 0 Å². The molecule has 0 atom stereocenters. The van der Waals surface area contributed by atoms with Gasteiger partial charge in [-0.1, -0.05) is 18.2 Å². The summed E-state index contributed by atoms with van der Waals surface area (Å²) in [5, 5.41) is 0.963. The van der Waals surface area contributed by atoms with Crippen molar-refractivity contribution in [2.45, 2.75) is 6.92 Å². The van der Waals surface area contributed by atoms with Crippen molar-refractivity contribution in [1.82, 2.24) is 9.47 Å². The first-order valence-electron chi connectivity index (χ1n) is 9.32. The van der Waals surface area contributed by atoms with Crippen LogP contribution in [0.15, 0.2) is 48.5 Å². The third kappa shape index (κ3) is 3.03. The maximum absolute atomic E-state index is 13.3. The molecule has 27 heavy (non-hydrogen) atoms. The number of rotatable bonds is 3. The highest BCUT2D eigenvalue weighted by Gasteiger charge is 2.27. The topological polar surface area (TPSA) is 37.7 Å². The van der Waals surface area contributed by atoms with E-state index in [0.717, 1.165) is 54.1 Å². The summed E-state index contributed by atoms with van der Waals surface area (Å²) in [4.78, 5) is 17.7. The lowest BCUT2D eigenvalue weighted by Gasteiger charge is -2.36. The summed E-state index contributed by atoms with van der Waals surface area (Å²) < 4.78 is 7.46. The molecule has 0 N–H and O–H groups in total. The maximum Gasteiger partial charge on any atom is 0.256 e. The Balaban J connectivity index is 1.59. The SMILES string of the molecule is COc1ccc2c(c1)c(C(=O)N1CCN(c3ccccc3)CC1)c(C)n2C. The Labute approximate surface area is 159 Å². The zero-order valence-corrected chi connectivity index (χ0v) is 16.1. The van der Waals surface area contributed by atoms with Gasteiger partial charge in [-0.15, -0.1) is 0 Å². The van der Waals surface area contributed by atoms with Gasteiger partial charge in [0.1, 0.15) is 5.75 Å². The Morgan fingerprint density at radius 3 is 2.37 bits per heavy atom. The van der Waals surface area contributed by atoms with Crippen LogP contribution in [0.2, 0.25) is 0 Å². The van der Waals surface area contributed by atoms with E-state index in [2.05, 4.69) is 33.7 Å². The van der Waals surface area contributed by atoms with Crippen LogP contribution in [0.3, 0.4) is 0 Å². The number of aryl methyl sites for hydroxylation is 1. The molecule has 2 heterocycles. The van der Waals surface area contributed by atoms with Crippen LogP contribution in [0.5, 0.6) is 5.75 Å². The second kappa shape index (κ2) is 6.99. The fraction of sp³-hybridized carbons (Fsp3) is 0.318. The number of para-hydroxylation sites is 1. The van der Waals surface area contributed by atoms with Gasteiger partial charge in [-0.2, -0.15) is 0 Å². The fourth-order valence-electron chi connectivity index (χ4n) is 3.91. The maximum atomic E-state index is 13.3. The van der Waals surface area contributed by atoms with Gasteiger partial charge in [-0.05, 0) is 37.3 Å². The van der Waals surface area contributed by atoms with Crippen LogP contribution in [0.1, 0.15) is 16.1 Å². The number of ether oxygens (including phenoxy) is 1. The van der Waals surface area contributed by atoms with Crippen LogP contribution < -0.4 is 9.64 Å². The van der Waals surface area contributed by atoms with E-state index in [1.54, 1.807) is 7.11 Å². The Kier molecular flexibility index (Phi) is 4.52. The fourth-order valence-corrected chi connectivity index (χ4v) is 3.91. The molecule has 1 saturated heterocycles. The molecule has 5 nitrogen and oxygen atoms in total. The molecule has 3 aromatic rings. The van der Waals surface area contributed by atoms with Crippen molar-refractivity contribution in [3.8, 4) is 5.75 Å². The third-order valence-corrected chi connectivity index (χ3v) is 5.60. The number of amides is 1. The van der Waals surface area contributed by atoms with Gasteiger partial charge in [0.05, 0.1) is 12.7 Å². The molecule has 0 unspecified atom stereocenters. The van der Waals surface area contributed by atoms with E-state index in [9.17, 15) is 4.79 Å². The summed E-state index contributed by atoms with van der Waals surface area (Å²) in [6.07, 6.45) is 0. The van der Waals surface area contributed by atoms with Gasteiger partial charge in [-0.25, -0.2) is 0 Å². The molecule has 4 rings (SSSR count).